The number of likely N-dealkylation sites (N-methyl/N-ethyl adjacent to an activating group) is 1. The first-order chi connectivity index (χ1) is 8.67. The van der Waals surface area contributed by atoms with Crippen LogP contribution in [0.5, 0.6) is 0 Å². The number of benzene rings is 1. The topological polar surface area (TPSA) is 45.1 Å². The van der Waals surface area contributed by atoms with Crippen LogP contribution in [0.15, 0.2) is 28.6 Å². The number of hydrogen-bond acceptors (Lipinski definition) is 5. The SMILES string of the molecule is CNC(C)(CO)CCSc1nc2ccccc2s1. The Balaban J connectivity index is 1.94. The fraction of sp³-hybridized carbons (Fsp3) is 0.462. The first-order valence-electron chi connectivity index (χ1n) is 5.95. The zero-order valence-electron chi connectivity index (χ0n) is 10.6. The molecule has 1 heterocycles. The largest absolute Gasteiger partial charge is 0.394 e. The molecule has 0 bridgehead atoms. The van der Waals surface area contributed by atoms with E-state index in [0.717, 1.165) is 22.0 Å². The molecule has 1 aromatic heterocycles. The van der Waals surface area contributed by atoms with Crippen LogP contribution >= 0.6 is 23.1 Å². The van der Waals surface area contributed by atoms with Crippen LogP contribution in [0.2, 0.25) is 0 Å². The molecule has 98 valence electrons. The van der Waals surface area contributed by atoms with E-state index in [4.69, 9.17) is 0 Å². The minimum atomic E-state index is -0.191. The summed E-state index contributed by atoms with van der Waals surface area (Å²) in [5.41, 5.74) is 0.882. The van der Waals surface area contributed by atoms with Gasteiger partial charge >= 0.3 is 0 Å². The summed E-state index contributed by atoms with van der Waals surface area (Å²) < 4.78 is 2.34. The molecule has 0 amide bonds. The number of thioether (sulfide) groups is 1. The number of para-hydroxylation sites is 1. The van der Waals surface area contributed by atoms with Crippen molar-refractivity contribution in [2.45, 2.75) is 23.2 Å². The van der Waals surface area contributed by atoms with Crippen molar-refractivity contribution in [3.8, 4) is 0 Å². The van der Waals surface area contributed by atoms with Crippen LogP contribution < -0.4 is 5.32 Å². The molecule has 5 heteroatoms. The number of rotatable bonds is 6. The third-order valence-corrected chi connectivity index (χ3v) is 5.29. The van der Waals surface area contributed by atoms with Crippen LogP contribution in [-0.4, -0.2) is 35.0 Å². The number of aliphatic hydroxyl groups is 1. The maximum Gasteiger partial charge on any atom is 0.151 e. The summed E-state index contributed by atoms with van der Waals surface area (Å²) in [4.78, 5) is 4.58. The Labute approximate surface area is 116 Å². The van der Waals surface area contributed by atoms with Crippen molar-refractivity contribution in [1.82, 2.24) is 10.3 Å². The Bertz CT molecular complexity index is 475. The van der Waals surface area contributed by atoms with Crippen molar-refractivity contribution in [1.29, 1.82) is 0 Å². The van der Waals surface area contributed by atoms with Crippen LogP contribution in [-0.2, 0) is 0 Å². The molecule has 0 aliphatic carbocycles. The van der Waals surface area contributed by atoms with E-state index in [2.05, 4.69) is 16.4 Å². The van der Waals surface area contributed by atoms with Crippen molar-refractivity contribution < 1.29 is 5.11 Å². The monoisotopic (exact) mass is 282 g/mol. The molecule has 0 spiro atoms. The number of thiazole rings is 1. The minimum Gasteiger partial charge on any atom is -0.394 e. The molecule has 1 unspecified atom stereocenters. The number of aromatic nitrogens is 1. The van der Waals surface area contributed by atoms with Gasteiger partial charge in [0.1, 0.15) is 0 Å². The normalized spacial score (nSPS) is 14.8. The van der Waals surface area contributed by atoms with Crippen molar-refractivity contribution in [2.75, 3.05) is 19.4 Å². The molecule has 2 aromatic rings. The number of hydrogen-bond donors (Lipinski definition) is 2. The number of fused-ring (bicyclic) bond motifs is 1. The third-order valence-electron chi connectivity index (χ3n) is 3.11. The van der Waals surface area contributed by atoms with Gasteiger partial charge in [-0.05, 0) is 32.5 Å². The van der Waals surface area contributed by atoms with Crippen molar-refractivity contribution in [3.63, 3.8) is 0 Å². The van der Waals surface area contributed by atoms with E-state index in [1.54, 1.807) is 23.1 Å². The van der Waals surface area contributed by atoms with Gasteiger partial charge in [-0.15, -0.1) is 11.3 Å². The lowest BCUT2D eigenvalue weighted by molar-refractivity contribution is 0.179. The van der Waals surface area contributed by atoms with E-state index in [0.29, 0.717) is 0 Å². The molecular formula is C13H18N2OS2. The van der Waals surface area contributed by atoms with Crippen LogP contribution in [0.25, 0.3) is 10.2 Å². The predicted molar refractivity (Wildman–Crippen MR) is 79.5 cm³/mol. The van der Waals surface area contributed by atoms with Gasteiger partial charge in [0, 0.05) is 11.3 Å². The lowest BCUT2D eigenvalue weighted by Crippen LogP contribution is -2.43. The fourth-order valence-corrected chi connectivity index (χ4v) is 3.90. The van der Waals surface area contributed by atoms with Gasteiger partial charge in [-0.25, -0.2) is 4.98 Å². The van der Waals surface area contributed by atoms with Crippen molar-refractivity contribution >= 4 is 33.3 Å². The first-order valence-corrected chi connectivity index (χ1v) is 7.75. The minimum absolute atomic E-state index is 0.157. The fourth-order valence-electron chi connectivity index (χ4n) is 1.56. The molecule has 0 saturated carbocycles. The van der Waals surface area contributed by atoms with E-state index < -0.39 is 0 Å². The smallest absolute Gasteiger partial charge is 0.151 e. The summed E-state index contributed by atoms with van der Waals surface area (Å²) in [5.74, 6) is 0.956. The zero-order chi connectivity index (χ0) is 13.0. The molecule has 1 aromatic carbocycles. The Morgan fingerprint density at radius 1 is 1.44 bits per heavy atom. The Kier molecular flexibility index (Phi) is 4.61. The predicted octanol–water partition coefficient (Wildman–Crippen LogP) is 2.75. The molecule has 1 atom stereocenters. The van der Waals surface area contributed by atoms with Gasteiger partial charge in [0.2, 0.25) is 0 Å². The second kappa shape index (κ2) is 6.02. The van der Waals surface area contributed by atoms with E-state index >= 15 is 0 Å². The summed E-state index contributed by atoms with van der Waals surface area (Å²) in [7, 11) is 1.89. The molecule has 2 rings (SSSR count). The maximum absolute atomic E-state index is 9.31. The molecular weight excluding hydrogens is 264 g/mol. The van der Waals surface area contributed by atoms with E-state index in [1.165, 1.54) is 4.70 Å². The molecule has 0 aliphatic rings. The highest BCUT2D eigenvalue weighted by molar-refractivity contribution is 8.01. The summed E-state index contributed by atoms with van der Waals surface area (Å²) in [6, 6.07) is 8.20. The second-order valence-electron chi connectivity index (χ2n) is 4.51. The van der Waals surface area contributed by atoms with Gasteiger partial charge in [0.15, 0.2) is 4.34 Å². The quantitative estimate of drug-likeness (QED) is 0.800. The third kappa shape index (κ3) is 3.23. The average molecular weight is 282 g/mol. The van der Waals surface area contributed by atoms with E-state index in [9.17, 15) is 5.11 Å². The summed E-state index contributed by atoms with van der Waals surface area (Å²) in [6.07, 6.45) is 0.917. The molecule has 2 N–H and O–H groups in total. The lowest BCUT2D eigenvalue weighted by atomic mass is 10.0. The second-order valence-corrected chi connectivity index (χ2v) is 6.89. The van der Waals surface area contributed by atoms with Crippen molar-refractivity contribution in [3.05, 3.63) is 24.3 Å². The molecule has 0 radical (unpaired) electrons. The number of nitrogens with zero attached hydrogens (tertiary/aromatic N) is 1. The van der Waals surface area contributed by atoms with Crippen molar-refractivity contribution in [2.24, 2.45) is 0 Å². The van der Waals surface area contributed by atoms with Gasteiger partial charge in [-0.1, -0.05) is 23.9 Å². The van der Waals surface area contributed by atoms with Gasteiger partial charge in [0.05, 0.1) is 16.8 Å². The molecule has 18 heavy (non-hydrogen) atoms. The summed E-state index contributed by atoms with van der Waals surface area (Å²) >= 11 is 3.49. The summed E-state index contributed by atoms with van der Waals surface area (Å²) in [6.45, 7) is 2.19. The van der Waals surface area contributed by atoms with Gasteiger partial charge in [0.25, 0.3) is 0 Å². The highest BCUT2D eigenvalue weighted by atomic mass is 32.2. The Morgan fingerprint density at radius 2 is 2.22 bits per heavy atom. The standard InChI is InChI=1S/C13H18N2OS2/c1-13(9-16,14-2)7-8-17-12-15-10-5-3-4-6-11(10)18-12/h3-6,14,16H,7-9H2,1-2H3. The number of nitrogens with one attached hydrogen (secondary N) is 1. The Morgan fingerprint density at radius 3 is 2.89 bits per heavy atom. The molecule has 0 fully saturated rings. The maximum atomic E-state index is 9.31. The van der Waals surface area contributed by atoms with Crippen LogP contribution in [0.3, 0.4) is 0 Å². The number of aliphatic hydroxyl groups excluding tert-OH is 1. The Hall–Kier alpha value is -0.620. The van der Waals surface area contributed by atoms with Crippen LogP contribution in [0.4, 0.5) is 0 Å². The lowest BCUT2D eigenvalue weighted by Gasteiger charge is -2.26. The van der Waals surface area contributed by atoms with Crippen LogP contribution in [0, 0.1) is 0 Å². The average Bonchev–Trinajstić information content (AvgIpc) is 2.81. The molecule has 3 nitrogen and oxygen atoms in total. The van der Waals surface area contributed by atoms with Gasteiger partial charge in [-0.3, -0.25) is 0 Å². The van der Waals surface area contributed by atoms with Crippen LogP contribution in [0.1, 0.15) is 13.3 Å². The van der Waals surface area contributed by atoms with E-state index in [1.807, 2.05) is 32.2 Å². The molecule has 0 aliphatic heterocycles. The summed E-state index contributed by atoms with van der Waals surface area (Å²) in [5, 5.41) is 12.5. The molecule has 0 saturated heterocycles. The highest BCUT2D eigenvalue weighted by Crippen LogP contribution is 2.30. The first kappa shape index (κ1) is 13.8. The van der Waals surface area contributed by atoms with E-state index in [-0.39, 0.29) is 12.1 Å². The highest BCUT2D eigenvalue weighted by Gasteiger charge is 2.20. The van der Waals surface area contributed by atoms with Gasteiger partial charge in [-0.2, -0.15) is 0 Å². The van der Waals surface area contributed by atoms with Gasteiger partial charge < -0.3 is 10.4 Å². The zero-order valence-corrected chi connectivity index (χ0v) is 12.3.